The molecule has 0 saturated carbocycles. The van der Waals surface area contributed by atoms with Gasteiger partial charge < -0.3 is 9.67 Å². The maximum absolute atomic E-state index is 12.0. The summed E-state index contributed by atoms with van der Waals surface area (Å²) in [6.45, 7) is 1.06. The van der Waals surface area contributed by atoms with Crippen LogP contribution in [0.15, 0.2) is 89.8 Å². The number of nitrogens with zero attached hydrogens (tertiary/aromatic N) is 2. The molecule has 0 radical (unpaired) electrons. The highest BCUT2D eigenvalue weighted by molar-refractivity contribution is 7.86. The van der Waals surface area contributed by atoms with Crippen LogP contribution in [-0.4, -0.2) is 47.3 Å². The van der Waals surface area contributed by atoms with Gasteiger partial charge in [0.25, 0.3) is 25.2 Å². The van der Waals surface area contributed by atoms with E-state index in [1.165, 1.54) is 12.1 Å². The van der Waals surface area contributed by atoms with Crippen LogP contribution in [0.25, 0.3) is 75.7 Å². The van der Waals surface area contributed by atoms with Gasteiger partial charge in [0, 0.05) is 36.9 Å². The normalized spacial score (nSPS) is 13.3. The number of aliphatic carboxylic acids is 1. The van der Waals surface area contributed by atoms with E-state index in [1.807, 2.05) is 42.5 Å². The SMILES string of the molecule is O=C(O)CCCCC[n+]1c(C=CC=c2sc3cc4c5ccc(S(=O)(=O)O)cc5c5cccc(c54)c3n2CCCS(=O)(=O)O)sc2cc3ccccc3cc21. The van der Waals surface area contributed by atoms with Crippen LogP contribution in [0.2, 0.25) is 0 Å². The molecule has 0 spiro atoms. The number of unbranched alkanes of at least 4 members (excludes halogenated alkanes) is 2. The van der Waals surface area contributed by atoms with Gasteiger partial charge in [0.15, 0.2) is 6.54 Å². The Labute approximate surface area is 318 Å². The largest absolute Gasteiger partial charge is 0.481 e. The van der Waals surface area contributed by atoms with Gasteiger partial charge in [-0.2, -0.15) is 21.4 Å². The van der Waals surface area contributed by atoms with Crippen molar-refractivity contribution in [2.75, 3.05) is 5.75 Å². The number of allylic oxidation sites excluding steroid dienone is 1. The van der Waals surface area contributed by atoms with Crippen LogP contribution >= 0.6 is 22.7 Å². The Morgan fingerprint density at radius 1 is 0.759 bits per heavy atom. The molecule has 0 bridgehead atoms. The van der Waals surface area contributed by atoms with Crippen LogP contribution < -0.4 is 9.23 Å². The van der Waals surface area contributed by atoms with Gasteiger partial charge in [-0.15, -0.1) is 11.3 Å². The number of aryl methyl sites for hydroxylation is 2. The number of aromatic nitrogens is 2. The maximum atomic E-state index is 12.0. The second kappa shape index (κ2) is 14.2. The minimum absolute atomic E-state index is 0.153. The summed E-state index contributed by atoms with van der Waals surface area (Å²) in [5.41, 5.74) is 2.02. The average molecular weight is 800 g/mol. The van der Waals surface area contributed by atoms with E-state index in [0.29, 0.717) is 18.4 Å². The molecule has 276 valence electrons. The van der Waals surface area contributed by atoms with Gasteiger partial charge in [-0.3, -0.25) is 13.9 Å². The maximum Gasteiger partial charge on any atom is 0.303 e. The first-order chi connectivity index (χ1) is 25.9. The average Bonchev–Trinajstić information content (AvgIpc) is 3.76. The monoisotopic (exact) mass is 799 g/mol. The lowest BCUT2D eigenvalue weighted by Crippen LogP contribution is -2.35. The third-order valence-electron chi connectivity index (χ3n) is 9.85. The number of benzene rings is 5. The summed E-state index contributed by atoms with van der Waals surface area (Å²) >= 11 is 3.24. The van der Waals surface area contributed by atoms with E-state index in [4.69, 9.17) is 5.11 Å². The first kappa shape index (κ1) is 36.3. The number of hydrogen-bond acceptors (Lipinski definition) is 7. The first-order valence-corrected chi connectivity index (χ1v) is 22.1. The molecule has 10 nitrogen and oxygen atoms in total. The Morgan fingerprint density at radius 3 is 2.30 bits per heavy atom. The number of rotatable bonds is 13. The Balaban J connectivity index is 1.26. The molecule has 0 aliphatic carbocycles. The van der Waals surface area contributed by atoms with Gasteiger partial charge in [0.05, 0.1) is 25.5 Å². The van der Waals surface area contributed by atoms with E-state index in [9.17, 15) is 30.7 Å². The Bertz CT molecular complexity index is 3100. The lowest BCUT2D eigenvalue weighted by molar-refractivity contribution is -0.669. The minimum atomic E-state index is -4.40. The molecule has 2 heterocycles. The molecule has 8 aromatic rings. The van der Waals surface area contributed by atoms with Gasteiger partial charge in [-0.25, -0.2) is 0 Å². The third-order valence-corrected chi connectivity index (χ3v) is 13.7. The van der Waals surface area contributed by atoms with Crippen molar-refractivity contribution in [3.63, 3.8) is 0 Å². The minimum Gasteiger partial charge on any atom is -0.481 e. The fourth-order valence-electron chi connectivity index (χ4n) is 7.48. The molecule has 0 atom stereocenters. The summed E-state index contributed by atoms with van der Waals surface area (Å²) in [6.07, 6.45) is 8.70. The van der Waals surface area contributed by atoms with Crippen LogP contribution in [0.1, 0.15) is 37.1 Å². The lowest BCUT2D eigenvalue weighted by Gasteiger charge is -2.08. The zero-order valence-electron chi connectivity index (χ0n) is 28.8. The molecular weight excluding hydrogens is 765 g/mol. The molecule has 0 fully saturated rings. The third kappa shape index (κ3) is 7.01. The van der Waals surface area contributed by atoms with Crippen molar-refractivity contribution in [2.24, 2.45) is 0 Å². The fourth-order valence-corrected chi connectivity index (χ4v) is 10.8. The van der Waals surface area contributed by atoms with Crippen molar-refractivity contribution in [3.05, 3.63) is 94.6 Å². The fraction of sp³-hybridized carbons (Fsp3) is 0.200. The van der Waals surface area contributed by atoms with E-state index in [2.05, 4.69) is 45.5 Å². The summed E-state index contributed by atoms with van der Waals surface area (Å²) in [5, 5.41) is 17.7. The molecule has 14 heteroatoms. The molecule has 0 unspecified atom stereocenters. The molecule has 54 heavy (non-hydrogen) atoms. The van der Waals surface area contributed by atoms with E-state index in [-0.39, 0.29) is 23.5 Å². The van der Waals surface area contributed by atoms with Gasteiger partial charge in [0.2, 0.25) is 5.52 Å². The smallest absolute Gasteiger partial charge is 0.303 e. The van der Waals surface area contributed by atoms with Crippen LogP contribution in [0, 0.1) is 0 Å². The lowest BCUT2D eigenvalue weighted by atomic mass is 10.1. The number of carboxylic acid groups (broad SMARTS) is 1. The van der Waals surface area contributed by atoms with E-state index < -0.39 is 26.2 Å². The van der Waals surface area contributed by atoms with Crippen molar-refractivity contribution in [1.29, 1.82) is 0 Å². The molecule has 0 saturated heterocycles. The summed E-state index contributed by atoms with van der Waals surface area (Å²) in [7, 11) is -8.58. The molecule has 0 aliphatic rings. The van der Waals surface area contributed by atoms with E-state index in [0.717, 1.165) is 87.2 Å². The Hall–Kier alpha value is -4.70. The molecular formula is C40H35N2O8S4+. The van der Waals surface area contributed by atoms with Crippen molar-refractivity contribution >= 4 is 125 Å². The first-order valence-electron chi connectivity index (χ1n) is 17.4. The second-order valence-corrected chi connectivity index (χ2v) is 18.5. The number of fused-ring (bicyclic) bond motifs is 7. The highest BCUT2D eigenvalue weighted by Crippen LogP contribution is 2.43. The van der Waals surface area contributed by atoms with Crippen molar-refractivity contribution < 1.29 is 40.4 Å². The number of carbonyl (C=O) groups is 1. The molecule has 3 N–H and O–H groups in total. The van der Waals surface area contributed by atoms with Crippen LogP contribution in [0.3, 0.4) is 0 Å². The van der Waals surface area contributed by atoms with Gasteiger partial charge in [-0.05, 0) is 87.3 Å². The molecule has 8 rings (SSSR count). The topological polar surface area (TPSA) is 155 Å². The van der Waals surface area contributed by atoms with Gasteiger partial charge in [0.1, 0.15) is 4.70 Å². The predicted molar refractivity (Wildman–Crippen MR) is 218 cm³/mol. The Kier molecular flexibility index (Phi) is 9.53. The summed E-state index contributed by atoms with van der Waals surface area (Å²) < 4.78 is 74.1. The zero-order chi connectivity index (χ0) is 37.8. The predicted octanol–water partition coefficient (Wildman–Crippen LogP) is 8.20. The summed E-state index contributed by atoms with van der Waals surface area (Å²) in [4.78, 5) is 10.9. The molecule has 2 aromatic heterocycles. The van der Waals surface area contributed by atoms with E-state index in [1.54, 1.807) is 28.7 Å². The second-order valence-electron chi connectivity index (χ2n) is 13.4. The van der Waals surface area contributed by atoms with Crippen LogP contribution in [-0.2, 0) is 38.1 Å². The molecule has 0 amide bonds. The Morgan fingerprint density at radius 2 is 1.54 bits per heavy atom. The zero-order valence-corrected chi connectivity index (χ0v) is 32.1. The number of thiazole rings is 2. The van der Waals surface area contributed by atoms with Crippen LogP contribution in [0.4, 0.5) is 0 Å². The molecule has 0 aliphatic heterocycles. The van der Waals surface area contributed by atoms with Crippen LogP contribution in [0.5, 0.6) is 0 Å². The number of carboxylic acids is 1. The van der Waals surface area contributed by atoms with Crippen molar-refractivity contribution in [3.8, 4) is 0 Å². The quantitative estimate of drug-likeness (QED) is 0.0599. The summed E-state index contributed by atoms with van der Waals surface area (Å²) in [5.74, 6) is -1.17. The number of hydrogen-bond donors (Lipinski definition) is 3. The van der Waals surface area contributed by atoms with Gasteiger partial charge >= 0.3 is 5.97 Å². The van der Waals surface area contributed by atoms with Crippen molar-refractivity contribution in [1.82, 2.24) is 4.57 Å². The highest BCUT2D eigenvalue weighted by Gasteiger charge is 2.21. The van der Waals surface area contributed by atoms with Crippen molar-refractivity contribution in [2.45, 2.75) is 50.1 Å². The molecule has 6 aromatic carbocycles. The summed E-state index contributed by atoms with van der Waals surface area (Å²) in [6, 6.07) is 25.2. The standard InChI is InChI=1S/C40H34N2O8S4/c43-38(44)15-2-1-5-18-41-33-21-25-9-3-4-10-26(25)22-34(33)51-36(41)13-7-14-37-42(19-8-20-53(45,46)47)40-30-12-6-11-29-31-23-27(54(48,49)50)16-17-28(31)32(39(29)30)24-35(40)52-37/h3-4,6-7,9-14,16-17,21-24H,1-2,5,8,15,18-20H2,(H2-,43,44,45,46,47,48,49,50)/p+1. The van der Waals surface area contributed by atoms with E-state index >= 15 is 0 Å². The highest BCUT2D eigenvalue weighted by atomic mass is 32.2. The van der Waals surface area contributed by atoms with Gasteiger partial charge in [-0.1, -0.05) is 65.9 Å².